The standard InChI is InChI=1S/C19H20N2O5/c1-2-3-10-26-19(25)16-14-9-8-12-6-4-5-7-13(12)17(14)20-21(18(16)24)11-15(22)23/h4-7H,2-3,8-11H2,1H3,(H,22,23). The predicted octanol–water partition coefficient (Wildman–Crippen LogP) is 2.05. The lowest BCUT2D eigenvalue weighted by Gasteiger charge is -2.21. The third-order valence-corrected chi connectivity index (χ3v) is 4.39. The van der Waals surface area contributed by atoms with Crippen molar-refractivity contribution in [3.8, 4) is 11.3 Å². The van der Waals surface area contributed by atoms with E-state index in [1.807, 2.05) is 31.2 Å². The van der Waals surface area contributed by atoms with Crippen LogP contribution in [-0.4, -0.2) is 33.4 Å². The Morgan fingerprint density at radius 2 is 2.04 bits per heavy atom. The van der Waals surface area contributed by atoms with Crippen molar-refractivity contribution in [3.63, 3.8) is 0 Å². The Balaban J connectivity index is 2.15. The number of rotatable bonds is 6. The Bertz CT molecular complexity index is 917. The van der Waals surface area contributed by atoms with Crippen molar-refractivity contribution >= 4 is 11.9 Å². The Morgan fingerprint density at radius 1 is 1.27 bits per heavy atom. The van der Waals surface area contributed by atoms with Crippen molar-refractivity contribution in [3.05, 3.63) is 51.3 Å². The van der Waals surface area contributed by atoms with Crippen molar-refractivity contribution in [2.45, 2.75) is 39.2 Å². The van der Waals surface area contributed by atoms with Gasteiger partial charge in [-0.2, -0.15) is 5.10 Å². The van der Waals surface area contributed by atoms with Gasteiger partial charge in [-0.15, -0.1) is 0 Å². The summed E-state index contributed by atoms with van der Waals surface area (Å²) in [6.07, 6.45) is 2.73. The molecule has 0 saturated carbocycles. The van der Waals surface area contributed by atoms with E-state index in [0.29, 0.717) is 30.5 Å². The zero-order valence-corrected chi connectivity index (χ0v) is 14.5. The van der Waals surface area contributed by atoms with E-state index in [4.69, 9.17) is 9.84 Å². The maximum absolute atomic E-state index is 12.7. The van der Waals surface area contributed by atoms with Crippen molar-refractivity contribution in [1.82, 2.24) is 9.78 Å². The van der Waals surface area contributed by atoms with Gasteiger partial charge >= 0.3 is 11.9 Å². The number of aryl methyl sites for hydroxylation is 1. The highest BCUT2D eigenvalue weighted by Crippen LogP contribution is 2.32. The number of esters is 1. The molecule has 1 N–H and O–H groups in total. The van der Waals surface area contributed by atoms with Gasteiger partial charge in [0.1, 0.15) is 12.1 Å². The second-order valence-electron chi connectivity index (χ2n) is 6.21. The van der Waals surface area contributed by atoms with Crippen LogP contribution in [0.3, 0.4) is 0 Å². The monoisotopic (exact) mass is 356 g/mol. The average Bonchev–Trinajstić information content (AvgIpc) is 2.62. The molecule has 0 bridgehead atoms. The SMILES string of the molecule is CCCCOC(=O)c1c2c(nn(CC(=O)O)c1=O)-c1ccccc1CC2. The third kappa shape index (κ3) is 3.37. The highest BCUT2D eigenvalue weighted by Gasteiger charge is 2.28. The summed E-state index contributed by atoms with van der Waals surface area (Å²) in [4.78, 5) is 36.4. The van der Waals surface area contributed by atoms with E-state index in [1.54, 1.807) is 0 Å². The summed E-state index contributed by atoms with van der Waals surface area (Å²) < 4.78 is 6.07. The fourth-order valence-electron chi connectivity index (χ4n) is 3.12. The minimum absolute atomic E-state index is 0.0955. The largest absolute Gasteiger partial charge is 0.480 e. The molecule has 136 valence electrons. The second kappa shape index (κ2) is 7.51. The molecule has 1 aliphatic carbocycles. The van der Waals surface area contributed by atoms with Gasteiger partial charge in [-0.25, -0.2) is 9.48 Å². The predicted molar refractivity (Wildman–Crippen MR) is 94.2 cm³/mol. The second-order valence-corrected chi connectivity index (χ2v) is 6.21. The van der Waals surface area contributed by atoms with Crippen molar-refractivity contribution in [1.29, 1.82) is 0 Å². The molecular formula is C19H20N2O5. The first-order valence-corrected chi connectivity index (χ1v) is 8.64. The van der Waals surface area contributed by atoms with Crippen LogP contribution in [0.25, 0.3) is 11.3 Å². The quantitative estimate of drug-likeness (QED) is 0.628. The van der Waals surface area contributed by atoms with Crippen LogP contribution in [0.2, 0.25) is 0 Å². The molecule has 2 aromatic rings. The number of unbranched alkanes of at least 4 members (excludes halogenated alkanes) is 1. The van der Waals surface area contributed by atoms with Crippen molar-refractivity contribution < 1.29 is 19.4 Å². The zero-order valence-electron chi connectivity index (χ0n) is 14.5. The van der Waals surface area contributed by atoms with Crippen LogP contribution < -0.4 is 5.56 Å². The first kappa shape index (κ1) is 17.8. The molecule has 7 heteroatoms. The summed E-state index contributed by atoms with van der Waals surface area (Å²) in [5.41, 5.74) is 2.08. The van der Waals surface area contributed by atoms with Crippen LogP contribution in [0.15, 0.2) is 29.1 Å². The van der Waals surface area contributed by atoms with Gasteiger partial charge in [0.2, 0.25) is 0 Å². The van der Waals surface area contributed by atoms with Gasteiger partial charge in [0.15, 0.2) is 0 Å². The summed E-state index contributed by atoms with van der Waals surface area (Å²) in [5.74, 6) is -1.91. The van der Waals surface area contributed by atoms with E-state index in [-0.39, 0.29) is 12.2 Å². The van der Waals surface area contributed by atoms with Crippen LogP contribution in [0, 0.1) is 0 Å². The van der Waals surface area contributed by atoms with E-state index in [2.05, 4.69) is 5.10 Å². The first-order chi connectivity index (χ1) is 12.5. The molecule has 1 heterocycles. The topological polar surface area (TPSA) is 98.5 Å². The van der Waals surface area contributed by atoms with Crippen LogP contribution >= 0.6 is 0 Å². The third-order valence-electron chi connectivity index (χ3n) is 4.39. The highest BCUT2D eigenvalue weighted by atomic mass is 16.5. The summed E-state index contributed by atoms with van der Waals surface area (Å²) in [5, 5.41) is 13.3. The molecule has 0 atom stereocenters. The van der Waals surface area contributed by atoms with Crippen molar-refractivity contribution in [2.24, 2.45) is 0 Å². The summed E-state index contributed by atoms with van der Waals surface area (Å²) in [7, 11) is 0. The molecule has 3 rings (SSSR count). The van der Waals surface area contributed by atoms with Crippen LogP contribution in [-0.2, 0) is 28.9 Å². The van der Waals surface area contributed by atoms with Gasteiger partial charge in [0.25, 0.3) is 5.56 Å². The number of benzene rings is 1. The van der Waals surface area contributed by atoms with Crippen LogP contribution in [0.1, 0.15) is 41.3 Å². The number of carboxylic acid groups (broad SMARTS) is 1. The summed E-state index contributed by atoms with van der Waals surface area (Å²) in [6, 6.07) is 7.59. The van der Waals surface area contributed by atoms with Gasteiger partial charge < -0.3 is 9.84 Å². The zero-order chi connectivity index (χ0) is 18.7. The lowest BCUT2D eigenvalue weighted by molar-refractivity contribution is -0.138. The van der Waals surface area contributed by atoms with E-state index >= 15 is 0 Å². The number of carbonyl (C=O) groups is 2. The maximum atomic E-state index is 12.7. The lowest BCUT2D eigenvalue weighted by Crippen LogP contribution is -2.35. The van der Waals surface area contributed by atoms with E-state index in [9.17, 15) is 14.4 Å². The Labute approximate surface area is 150 Å². The minimum Gasteiger partial charge on any atom is -0.480 e. The Kier molecular flexibility index (Phi) is 5.16. The Morgan fingerprint density at radius 3 is 2.77 bits per heavy atom. The first-order valence-electron chi connectivity index (χ1n) is 8.64. The van der Waals surface area contributed by atoms with Gasteiger partial charge in [-0.1, -0.05) is 37.6 Å². The summed E-state index contributed by atoms with van der Waals surface area (Å²) in [6.45, 7) is 1.59. The number of fused-ring (bicyclic) bond motifs is 3. The Hall–Kier alpha value is -2.96. The molecule has 0 amide bonds. The van der Waals surface area contributed by atoms with E-state index in [0.717, 1.165) is 22.2 Å². The number of aromatic nitrogens is 2. The molecule has 26 heavy (non-hydrogen) atoms. The smallest absolute Gasteiger partial charge is 0.344 e. The molecule has 0 radical (unpaired) electrons. The van der Waals surface area contributed by atoms with E-state index in [1.165, 1.54) is 0 Å². The normalized spacial score (nSPS) is 12.2. The molecule has 0 unspecified atom stereocenters. The number of hydrogen-bond acceptors (Lipinski definition) is 5. The molecule has 1 aliphatic rings. The number of carboxylic acids is 1. The van der Waals surface area contributed by atoms with E-state index < -0.39 is 24.0 Å². The molecule has 0 saturated heterocycles. The maximum Gasteiger partial charge on any atom is 0.344 e. The number of aliphatic carboxylic acids is 1. The minimum atomic E-state index is -1.20. The fraction of sp³-hybridized carbons (Fsp3) is 0.368. The van der Waals surface area contributed by atoms with Gasteiger partial charge in [0.05, 0.1) is 12.3 Å². The molecule has 0 spiro atoms. The van der Waals surface area contributed by atoms with Crippen LogP contribution in [0.5, 0.6) is 0 Å². The number of ether oxygens (including phenoxy) is 1. The molecule has 1 aromatic carbocycles. The molecule has 0 fully saturated rings. The molecule has 1 aromatic heterocycles. The van der Waals surface area contributed by atoms with Gasteiger partial charge in [0, 0.05) is 11.1 Å². The van der Waals surface area contributed by atoms with Gasteiger partial charge in [-0.3, -0.25) is 9.59 Å². The molecule has 0 aliphatic heterocycles. The highest BCUT2D eigenvalue weighted by molar-refractivity contribution is 5.93. The summed E-state index contributed by atoms with van der Waals surface area (Å²) >= 11 is 0. The number of hydrogen-bond donors (Lipinski definition) is 1. The lowest BCUT2D eigenvalue weighted by atomic mass is 9.87. The van der Waals surface area contributed by atoms with Gasteiger partial charge in [-0.05, 0) is 24.8 Å². The number of carbonyl (C=O) groups excluding carboxylic acids is 1. The van der Waals surface area contributed by atoms with Crippen LogP contribution in [0.4, 0.5) is 0 Å². The number of nitrogens with zero attached hydrogens (tertiary/aromatic N) is 2. The average molecular weight is 356 g/mol. The van der Waals surface area contributed by atoms with Crippen molar-refractivity contribution in [2.75, 3.05) is 6.61 Å². The fourth-order valence-corrected chi connectivity index (χ4v) is 3.12. The molecule has 7 nitrogen and oxygen atoms in total. The molecular weight excluding hydrogens is 336 g/mol.